The van der Waals surface area contributed by atoms with Crippen molar-refractivity contribution in [1.82, 2.24) is 15.2 Å². The summed E-state index contributed by atoms with van der Waals surface area (Å²) in [5.41, 5.74) is 1.14. The SMILES string of the molecule is CCc1nnc(Oc2ccc(C(=O)O)c(F)c2)nc1CC. The highest BCUT2D eigenvalue weighted by Gasteiger charge is 2.13. The second kappa shape index (κ2) is 6.25. The van der Waals surface area contributed by atoms with Gasteiger partial charge in [0.15, 0.2) is 0 Å². The van der Waals surface area contributed by atoms with Crippen LogP contribution in [0.2, 0.25) is 0 Å². The number of aromatic carboxylic acids is 1. The number of halogens is 1. The molecule has 0 amide bonds. The minimum Gasteiger partial charge on any atom is -0.478 e. The van der Waals surface area contributed by atoms with Crippen LogP contribution in [-0.2, 0) is 12.8 Å². The molecule has 0 aliphatic heterocycles. The van der Waals surface area contributed by atoms with E-state index in [9.17, 15) is 9.18 Å². The molecule has 0 unspecified atom stereocenters. The predicted molar refractivity (Wildman–Crippen MR) is 72.0 cm³/mol. The molecule has 0 aliphatic carbocycles. The number of aromatic nitrogens is 3. The van der Waals surface area contributed by atoms with Gasteiger partial charge in [0.2, 0.25) is 0 Å². The van der Waals surface area contributed by atoms with Crippen molar-refractivity contribution in [3.63, 3.8) is 0 Å². The van der Waals surface area contributed by atoms with E-state index in [0.29, 0.717) is 12.8 Å². The highest BCUT2D eigenvalue weighted by atomic mass is 19.1. The molecule has 0 fully saturated rings. The van der Waals surface area contributed by atoms with Gasteiger partial charge in [-0.15, -0.1) is 5.10 Å². The van der Waals surface area contributed by atoms with Gasteiger partial charge in [0.1, 0.15) is 11.6 Å². The second-order valence-electron chi connectivity index (χ2n) is 4.24. The van der Waals surface area contributed by atoms with Gasteiger partial charge in [-0.2, -0.15) is 4.98 Å². The zero-order chi connectivity index (χ0) is 15.4. The number of carboxylic acids is 1. The van der Waals surface area contributed by atoms with E-state index >= 15 is 0 Å². The molecule has 110 valence electrons. The lowest BCUT2D eigenvalue weighted by Crippen LogP contribution is -2.05. The van der Waals surface area contributed by atoms with Crippen LogP contribution in [0.4, 0.5) is 4.39 Å². The Morgan fingerprint density at radius 1 is 1.24 bits per heavy atom. The fourth-order valence-electron chi connectivity index (χ4n) is 1.80. The van der Waals surface area contributed by atoms with E-state index in [-0.39, 0.29) is 11.8 Å². The monoisotopic (exact) mass is 291 g/mol. The van der Waals surface area contributed by atoms with E-state index in [1.807, 2.05) is 13.8 Å². The molecule has 0 radical (unpaired) electrons. The van der Waals surface area contributed by atoms with Gasteiger partial charge in [-0.3, -0.25) is 0 Å². The van der Waals surface area contributed by atoms with Gasteiger partial charge >= 0.3 is 12.0 Å². The number of benzene rings is 1. The van der Waals surface area contributed by atoms with Crippen molar-refractivity contribution >= 4 is 5.97 Å². The summed E-state index contributed by atoms with van der Waals surface area (Å²) in [7, 11) is 0. The Balaban J connectivity index is 2.26. The first-order valence-electron chi connectivity index (χ1n) is 6.48. The molecule has 7 heteroatoms. The third-order valence-corrected chi connectivity index (χ3v) is 2.87. The second-order valence-corrected chi connectivity index (χ2v) is 4.24. The maximum absolute atomic E-state index is 13.6. The highest BCUT2D eigenvalue weighted by molar-refractivity contribution is 5.88. The van der Waals surface area contributed by atoms with Crippen molar-refractivity contribution in [3.05, 3.63) is 41.0 Å². The minimum absolute atomic E-state index is 0.00604. The van der Waals surface area contributed by atoms with E-state index < -0.39 is 17.3 Å². The van der Waals surface area contributed by atoms with E-state index in [1.54, 1.807) is 0 Å². The lowest BCUT2D eigenvalue weighted by Gasteiger charge is -2.07. The fraction of sp³-hybridized carbons (Fsp3) is 0.286. The van der Waals surface area contributed by atoms with Crippen LogP contribution in [0.5, 0.6) is 11.8 Å². The Hall–Kier alpha value is -2.57. The maximum Gasteiger partial charge on any atom is 0.341 e. The molecular weight excluding hydrogens is 277 g/mol. The lowest BCUT2D eigenvalue weighted by atomic mass is 10.2. The zero-order valence-electron chi connectivity index (χ0n) is 11.6. The maximum atomic E-state index is 13.6. The van der Waals surface area contributed by atoms with Gasteiger partial charge in [0.05, 0.1) is 17.0 Å². The third kappa shape index (κ3) is 3.31. The average Bonchev–Trinajstić information content (AvgIpc) is 2.46. The Labute approximate surface area is 120 Å². The molecule has 0 spiro atoms. The lowest BCUT2D eigenvalue weighted by molar-refractivity contribution is 0.0692. The van der Waals surface area contributed by atoms with Crippen molar-refractivity contribution in [2.45, 2.75) is 26.7 Å². The van der Waals surface area contributed by atoms with Crippen molar-refractivity contribution < 1.29 is 19.0 Å². The van der Waals surface area contributed by atoms with Gasteiger partial charge in [-0.25, -0.2) is 9.18 Å². The van der Waals surface area contributed by atoms with Crippen LogP contribution in [0, 0.1) is 5.82 Å². The Kier molecular flexibility index (Phi) is 4.42. The summed E-state index contributed by atoms with van der Waals surface area (Å²) < 4.78 is 18.9. The number of hydrogen-bond acceptors (Lipinski definition) is 5. The molecule has 0 saturated heterocycles. The molecule has 6 nitrogen and oxygen atoms in total. The predicted octanol–water partition coefficient (Wildman–Crippen LogP) is 2.63. The quantitative estimate of drug-likeness (QED) is 0.911. The Morgan fingerprint density at radius 2 is 1.95 bits per heavy atom. The molecule has 1 aromatic heterocycles. The number of carboxylic acid groups (broad SMARTS) is 1. The largest absolute Gasteiger partial charge is 0.478 e. The molecule has 0 atom stereocenters. The summed E-state index contributed by atoms with van der Waals surface area (Å²) in [6, 6.07) is 3.45. The zero-order valence-corrected chi connectivity index (χ0v) is 11.6. The van der Waals surface area contributed by atoms with Gasteiger partial charge in [0.25, 0.3) is 0 Å². The molecular formula is C14H14FN3O3. The van der Waals surface area contributed by atoms with E-state index in [4.69, 9.17) is 9.84 Å². The van der Waals surface area contributed by atoms with Gasteiger partial charge < -0.3 is 9.84 Å². The van der Waals surface area contributed by atoms with Gasteiger partial charge in [0, 0.05) is 6.07 Å². The number of ether oxygens (including phenoxy) is 1. The van der Waals surface area contributed by atoms with Crippen molar-refractivity contribution in [3.8, 4) is 11.8 Å². The first-order valence-corrected chi connectivity index (χ1v) is 6.48. The first-order chi connectivity index (χ1) is 10.0. The van der Waals surface area contributed by atoms with Crippen molar-refractivity contribution in [1.29, 1.82) is 0 Å². The van der Waals surface area contributed by atoms with Crippen LogP contribution in [0.15, 0.2) is 18.2 Å². The summed E-state index contributed by atoms with van der Waals surface area (Å²) in [6.07, 6.45) is 1.40. The average molecular weight is 291 g/mol. The normalized spacial score (nSPS) is 10.4. The van der Waals surface area contributed by atoms with Crippen LogP contribution in [0.25, 0.3) is 0 Å². The summed E-state index contributed by atoms with van der Waals surface area (Å²) in [4.78, 5) is 14.9. The Bertz CT molecular complexity index is 677. The highest BCUT2D eigenvalue weighted by Crippen LogP contribution is 2.21. The van der Waals surface area contributed by atoms with Crippen LogP contribution in [0.3, 0.4) is 0 Å². The van der Waals surface area contributed by atoms with E-state index in [2.05, 4.69) is 15.2 Å². The number of aryl methyl sites for hydroxylation is 2. The van der Waals surface area contributed by atoms with Crippen LogP contribution >= 0.6 is 0 Å². The number of hydrogen-bond donors (Lipinski definition) is 1. The molecule has 2 rings (SSSR count). The topological polar surface area (TPSA) is 85.2 Å². The molecule has 1 N–H and O–H groups in total. The summed E-state index contributed by atoms with van der Waals surface area (Å²) in [5, 5.41) is 16.6. The number of nitrogens with zero attached hydrogens (tertiary/aromatic N) is 3. The number of rotatable bonds is 5. The third-order valence-electron chi connectivity index (χ3n) is 2.87. The van der Waals surface area contributed by atoms with Crippen molar-refractivity contribution in [2.75, 3.05) is 0 Å². The molecule has 0 bridgehead atoms. The van der Waals surface area contributed by atoms with Gasteiger partial charge in [-0.1, -0.05) is 18.9 Å². The van der Waals surface area contributed by atoms with Crippen molar-refractivity contribution in [2.24, 2.45) is 0 Å². The van der Waals surface area contributed by atoms with Gasteiger partial charge in [-0.05, 0) is 25.0 Å². The molecule has 21 heavy (non-hydrogen) atoms. The summed E-state index contributed by atoms with van der Waals surface area (Å²) in [6.45, 7) is 3.89. The summed E-state index contributed by atoms with van der Waals surface area (Å²) in [5.74, 6) is -2.10. The van der Waals surface area contributed by atoms with Crippen LogP contribution in [-0.4, -0.2) is 26.3 Å². The molecule has 0 saturated carbocycles. The minimum atomic E-state index is -1.34. The summed E-state index contributed by atoms with van der Waals surface area (Å²) >= 11 is 0. The molecule has 2 aromatic rings. The smallest absolute Gasteiger partial charge is 0.341 e. The molecule has 0 aliphatic rings. The first kappa shape index (κ1) is 14.8. The van der Waals surface area contributed by atoms with Crippen LogP contribution in [0.1, 0.15) is 35.6 Å². The number of carbonyl (C=O) groups is 1. The fourth-order valence-corrected chi connectivity index (χ4v) is 1.80. The standard InChI is InChI=1S/C14H14FN3O3/c1-3-11-12(4-2)17-18-14(16-11)21-8-5-6-9(13(19)20)10(15)7-8/h5-7H,3-4H2,1-2H3,(H,19,20). The van der Waals surface area contributed by atoms with E-state index in [1.165, 1.54) is 6.07 Å². The van der Waals surface area contributed by atoms with Crippen LogP contribution < -0.4 is 4.74 Å². The molecule has 1 heterocycles. The Morgan fingerprint density at radius 3 is 2.52 bits per heavy atom. The molecule has 1 aromatic carbocycles. The van der Waals surface area contributed by atoms with E-state index in [0.717, 1.165) is 23.5 Å².